The van der Waals surface area contributed by atoms with Gasteiger partial charge in [-0.2, -0.15) is 0 Å². The maximum absolute atomic E-state index is 10.5. The highest BCUT2D eigenvalue weighted by Crippen LogP contribution is 1.80. The second-order valence-electron chi connectivity index (χ2n) is 1.65. The Hall–Kier alpha value is -0.490. The van der Waals surface area contributed by atoms with Crippen LogP contribution in [0.5, 0.6) is 0 Å². The number of nitrogens with zero attached hydrogens (tertiary/aromatic N) is 1. The van der Waals surface area contributed by atoms with E-state index < -0.39 is 0 Å². The number of halogens is 1. The molecule has 0 atom stereocenters. The lowest BCUT2D eigenvalue weighted by atomic mass is 10.5. The minimum absolute atomic E-state index is 0.0326. The molecular weight excluding hydrogens is 182 g/mol. The lowest BCUT2D eigenvalue weighted by Crippen LogP contribution is -2.23. The zero-order chi connectivity index (χ0) is 7.28. The van der Waals surface area contributed by atoms with E-state index in [-0.39, 0.29) is 5.91 Å². The van der Waals surface area contributed by atoms with Gasteiger partial charge in [0.15, 0.2) is 0 Å². The van der Waals surface area contributed by atoms with Gasteiger partial charge in [0, 0.05) is 29.9 Å². The third kappa shape index (κ3) is 4.04. The third-order valence-electron chi connectivity index (χ3n) is 0.921. The van der Waals surface area contributed by atoms with Crippen LogP contribution < -0.4 is 0 Å². The van der Waals surface area contributed by atoms with Gasteiger partial charge in [-0.3, -0.25) is 4.79 Å². The molecule has 9 heavy (non-hydrogen) atoms. The first-order valence-corrected chi connectivity index (χ1v) is 3.28. The molecule has 0 aromatic rings. The van der Waals surface area contributed by atoms with Gasteiger partial charge >= 0.3 is 0 Å². The molecule has 0 saturated carbocycles. The van der Waals surface area contributed by atoms with E-state index in [0.717, 1.165) is 0 Å². The summed E-state index contributed by atoms with van der Waals surface area (Å²) in [6.45, 7) is 2.00. The smallest absolute Gasteiger partial charge is 0.219 e. The molecule has 0 heterocycles. The highest BCUT2D eigenvalue weighted by atomic mass is 79.9. The molecule has 0 N–H and O–H groups in total. The Morgan fingerprint density at radius 2 is 2.33 bits per heavy atom. The molecule has 0 radical (unpaired) electrons. The summed E-state index contributed by atoms with van der Waals surface area (Å²) in [6, 6.07) is 0. The molecule has 0 bridgehead atoms. The second-order valence-corrected chi connectivity index (χ2v) is 2.04. The molecule has 0 aromatic carbocycles. The summed E-state index contributed by atoms with van der Waals surface area (Å²) in [5.74, 6) is 2.73. The first-order valence-electron chi connectivity index (χ1n) is 2.48. The van der Waals surface area contributed by atoms with Crippen molar-refractivity contribution in [3.8, 4) is 10.8 Å². The quantitative estimate of drug-likeness (QED) is 0.560. The van der Waals surface area contributed by atoms with Gasteiger partial charge in [0.2, 0.25) is 5.91 Å². The molecular formula is C6H8BrNO. The number of rotatable bonds is 1. The first-order chi connectivity index (χ1) is 4.18. The predicted molar refractivity (Wildman–Crippen MR) is 40.0 cm³/mol. The topological polar surface area (TPSA) is 20.3 Å². The number of amides is 1. The zero-order valence-corrected chi connectivity index (χ0v) is 7.03. The number of hydrogen-bond donors (Lipinski definition) is 0. The third-order valence-corrected chi connectivity index (χ3v) is 1.20. The molecule has 0 aliphatic carbocycles. The van der Waals surface area contributed by atoms with Crippen molar-refractivity contribution in [1.82, 2.24) is 4.90 Å². The van der Waals surface area contributed by atoms with Crippen molar-refractivity contribution in [2.75, 3.05) is 13.6 Å². The van der Waals surface area contributed by atoms with Gasteiger partial charge in [0.25, 0.3) is 0 Å². The molecule has 3 heteroatoms. The van der Waals surface area contributed by atoms with Gasteiger partial charge < -0.3 is 4.90 Å². The Balaban J connectivity index is 3.59. The number of carbonyl (C=O) groups is 1. The largest absolute Gasteiger partial charge is 0.335 e. The molecule has 0 spiro atoms. The SMILES string of the molecule is CC(=O)N(C)CC#CBr. The van der Waals surface area contributed by atoms with Crippen LogP contribution in [0.3, 0.4) is 0 Å². The zero-order valence-electron chi connectivity index (χ0n) is 5.44. The van der Waals surface area contributed by atoms with E-state index in [2.05, 4.69) is 26.7 Å². The average molecular weight is 190 g/mol. The van der Waals surface area contributed by atoms with Crippen LogP contribution in [-0.4, -0.2) is 24.4 Å². The minimum Gasteiger partial charge on any atom is -0.335 e. The van der Waals surface area contributed by atoms with E-state index in [1.54, 1.807) is 7.05 Å². The van der Waals surface area contributed by atoms with E-state index in [1.807, 2.05) is 0 Å². The van der Waals surface area contributed by atoms with Crippen molar-refractivity contribution in [3.63, 3.8) is 0 Å². The van der Waals surface area contributed by atoms with Gasteiger partial charge in [-0.15, -0.1) is 0 Å². The van der Waals surface area contributed by atoms with Gasteiger partial charge in [-0.1, -0.05) is 5.92 Å². The van der Waals surface area contributed by atoms with Crippen LogP contribution >= 0.6 is 15.9 Å². The molecule has 0 aliphatic rings. The summed E-state index contributed by atoms with van der Waals surface area (Å²) in [7, 11) is 1.71. The minimum atomic E-state index is 0.0326. The maximum Gasteiger partial charge on any atom is 0.219 e. The summed E-state index contributed by atoms with van der Waals surface area (Å²) in [4.78, 5) is 14.6. The van der Waals surface area contributed by atoms with Gasteiger partial charge in [-0.05, 0) is 4.83 Å². The summed E-state index contributed by atoms with van der Waals surface area (Å²) < 4.78 is 0. The molecule has 1 amide bonds. The summed E-state index contributed by atoms with van der Waals surface area (Å²) >= 11 is 2.93. The van der Waals surface area contributed by atoms with Crippen LogP contribution in [0, 0.1) is 10.8 Å². The lowest BCUT2D eigenvalue weighted by molar-refractivity contribution is -0.126. The van der Waals surface area contributed by atoms with Crippen LogP contribution in [0.2, 0.25) is 0 Å². The van der Waals surface area contributed by atoms with Gasteiger partial charge in [-0.25, -0.2) is 0 Å². The van der Waals surface area contributed by atoms with Gasteiger partial charge in [0.1, 0.15) is 0 Å². The Morgan fingerprint density at radius 3 is 2.67 bits per heavy atom. The average Bonchev–Trinajstić information content (AvgIpc) is 1.82. The molecule has 0 fully saturated rings. The van der Waals surface area contributed by atoms with Crippen LogP contribution in [0.4, 0.5) is 0 Å². The Kier molecular flexibility index (Phi) is 4.16. The molecule has 0 aliphatic heterocycles. The Morgan fingerprint density at radius 1 is 1.78 bits per heavy atom. The van der Waals surface area contributed by atoms with Crippen molar-refractivity contribution in [2.24, 2.45) is 0 Å². The predicted octanol–water partition coefficient (Wildman–Crippen LogP) is 0.821. The monoisotopic (exact) mass is 189 g/mol. The summed E-state index contributed by atoms with van der Waals surface area (Å²) in [6.07, 6.45) is 0. The highest BCUT2D eigenvalue weighted by molar-refractivity contribution is 9.12. The fourth-order valence-electron chi connectivity index (χ4n) is 0.260. The lowest BCUT2D eigenvalue weighted by Gasteiger charge is -2.08. The Bertz CT molecular complexity index is 156. The van der Waals surface area contributed by atoms with Crippen molar-refractivity contribution in [3.05, 3.63) is 0 Å². The van der Waals surface area contributed by atoms with Crippen molar-refractivity contribution in [2.45, 2.75) is 6.92 Å². The number of hydrogen-bond acceptors (Lipinski definition) is 1. The Labute approximate surface area is 63.4 Å². The van der Waals surface area contributed by atoms with E-state index in [9.17, 15) is 4.79 Å². The second kappa shape index (κ2) is 4.39. The fourth-order valence-corrected chi connectivity index (χ4v) is 0.385. The van der Waals surface area contributed by atoms with E-state index in [1.165, 1.54) is 11.8 Å². The molecule has 0 rings (SSSR count). The van der Waals surface area contributed by atoms with Crippen molar-refractivity contribution < 1.29 is 4.79 Å². The summed E-state index contributed by atoms with van der Waals surface area (Å²) in [5, 5.41) is 0. The molecule has 0 unspecified atom stereocenters. The van der Waals surface area contributed by atoms with E-state index in [4.69, 9.17) is 0 Å². The van der Waals surface area contributed by atoms with Crippen LogP contribution in [0.15, 0.2) is 0 Å². The van der Waals surface area contributed by atoms with Crippen molar-refractivity contribution in [1.29, 1.82) is 0 Å². The molecule has 0 saturated heterocycles. The summed E-state index contributed by atoms with van der Waals surface area (Å²) in [5.41, 5.74) is 0. The fraction of sp³-hybridized carbons (Fsp3) is 0.500. The highest BCUT2D eigenvalue weighted by Gasteiger charge is 1.96. The van der Waals surface area contributed by atoms with Crippen LogP contribution in [0.1, 0.15) is 6.92 Å². The number of carbonyl (C=O) groups excluding carboxylic acids is 1. The van der Waals surface area contributed by atoms with E-state index >= 15 is 0 Å². The first kappa shape index (κ1) is 8.51. The maximum atomic E-state index is 10.5. The van der Waals surface area contributed by atoms with Crippen molar-refractivity contribution >= 4 is 21.8 Å². The molecule has 2 nitrogen and oxygen atoms in total. The van der Waals surface area contributed by atoms with Crippen LogP contribution in [0.25, 0.3) is 0 Å². The standard InChI is InChI=1S/C6H8BrNO/c1-6(9)8(2)5-3-4-7/h5H2,1-2H3. The van der Waals surface area contributed by atoms with Gasteiger partial charge in [0.05, 0.1) is 6.54 Å². The van der Waals surface area contributed by atoms with E-state index in [0.29, 0.717) is 6.54 Å². The van der Waals surface area contributed by atoms with Crippen LogP contribution in [-0.2, 0) is 4.79 Å². The molecule has 50 valence electrons. The normalized spacial score (nSPS) is 7.44. The molecule has 0 aromatic heterocycles.